The summed E-state index contributed by atoms with van der Waals surface area (Å²) in [5.74, 6) is -0.0327. The van der Waals surface area contributed by atoms with E-state index in [2.05, 4.69) is 19.2 Å². The second-order valence-electron chi connectivity index (χ2n) is 27.1. The van der Waals surface area contributed by atoms with Gasteiger partial charge in [0.2, 0.25) is 5.91 Å². The fraction of sp³-hybridized carbons (Fsp3) is 0.949. The third-order valence-corrected chi connectivity index (χ3v) is 18.6. The first-order valence-corrected chi connectivity index (χ1v) is 39.0. The lowest BCUT2D eigenvalue weighted by molar-refractivity contribution is -0.143. The molecule has 0 aliphatic carbocycles. The summed E-state index contributed by atoms with van der Waals surface area (Å²) in [5, 5.41) is 23.2. The molecule has 0 aliphatic heterocycles. The van der Waals surface area contributed by atoms with Gasteiger partial charge in [-0.3, -0.25) is 9.59 Å². The van der Waals surface area contributed by atoms with Crippen molar-refractivity contribution < 1.29 is 24.5 Å². The average Bonchev–Trinajstić information content (AvgIpc) is 3.51. The predicted octanol–water partition coefficient (Wildman–Crippen LogP) is 25.5. The number of aliphatic hydroxyl groups is 2. The van der Waals surface area contributed by atoms with Crippen molar-refractivity contribution in [3.63, 3.8) is 0 Å². The van der Waals surface area contributed by atoms with Crippen LogP contribution in [-0.2, 0) is 14.3 Å². The molecule has 0 aliphatic rings. The van der Waals surface area contributed by atoms with Crippen molar-refractivity contribution in [3.05, 3.63) is 12.2 Å². The molecule has 0 saturated carbocycles. The van der Waals surface area contributed by atoms with Crippen LogP contribution in [-0.4, -0.2) is 47.4 Å². The lowest BCUT2D eigenvalue weighted by Crippen LogP contribution is -2.45. The Morgan fingerprint density at radius 1 is 0.321 bits per heavy atom. The van der Waals surface area contributed by atoms with E-state index in [1.807, 2.05) is 6.08 Å². The fourth-order valence-electron chi connectivity index (χ4n) is 12.6. The van der Waals surface area contributed by atoms with E-state index < -0.39 is 12.1 Å². The zero-order chi connectivity index (χ0) is 60.6. The van der Waals surface area contributed by atoms with Crippen LogP contribution in [0.4, 0.5) is 0 Å². The van der Waals surface area contributed by atoms with Gasteiger partial charge in [0, 0.05) is 12.8 Å². The van der Waals surface area contributed by atoms with Crippen LogP contribution >= 0.6 is 0 Å². The third kappa shape index (κ3) is 69.7. The minimum absolute atomic E-state index is 0.0261. The molecule has 3 N–H and O–H groups in total. The summed E-state index contributed by atoms with van der Waals surface area (Å²) >= 11 is 0. The Balaban J connectivity index is 3.32. The van der Waals surface area contributed by atoms with Gasteiger partial charge in [-0.2, -0.15) is 0 Å². The minimum Gasteiger partial charge on any atom is -0.466 e. The molecule has 0 aromatic heterocycles. The highest BCUT2D eigenvalue weighted by molar-refractivity contribution is 5.76. The zero-order valence-electron chi connectivity index (χ0n) is 57.4. The lowest BCUT2D eigenvalue weighted by Gasteiger charge is -2.20. The van der Waals surface area contributed by atoms with Crippen molar-refractivity contribution in [1.29, 1.82) is 0 Å². The molecular weight excluding hydrogens is 1030 g/mol. The van der Waals surface area contributed by atoms with Crippen molar-refractivity contribution in [2.75, 3.05) is 13.2 Å². The molecule has 2 unspecified atom stereocenters. The highest BCUT2D eigenvalue weighted by Gasteiger charge is 2.18. The number of carbonyl (C=O) groups is 2. The number of carbonyl (C=O) groups excluding carboxylic acids is 2. The Bertz CT molecular complexity index is 1270. The first-order chi connectivity index (χ1) is 41.5. The number of nitrogens with one attached hydrogen (secondary N) is 1. The molecule has 6 nitrogen and oxygen atoms in total. The zero-order valence-corrected chi connectivity index (χ0v) is 57.4. The smallest absolute Gasteiger partial charge is 0.305 e. The number of unbranched alkanes of at least 4 members (excludes halogenated alkanes) is 63. The maximum atomic E-state index is 12.5. The first-order valence-electron chi connectivity index (χ1n) is 39.0. The van der Waals surface area contributed by atoms with E-state index in [0.29, 0.717) is 19.4 Å². The summed E-state index contributed by atoms with van der Waals surface area (Å²) in [6.07, 6.45) is 93.3. The van der Waals surface area contributed by atoms with Crippen molar-refractivity contribution in [2.24, 2.45) is 0 Å². The molecule has 0 radical (unpaired) electrons. The molecule has 0 rings (SSSR count). The Morgan fingerprint density at radius 2 is 0.548 bits per heavy atom. The van der Waals surface area contributed by atoms with E-state index in [1.54, 1.807) is 6.08 Å². The van der Waals surface area contributed by atoms with Crippen LogP contribution in [0.5, 0.6) is 0 Å². The number of ether oxygens (including phenoxy) is 1. The second kappa shape index (κ2) is 74.1. The highest BCUT2D eigenvalue weighted by atomic mass is 16.5. The second-order valence-corrected chi connectivity index (χ2v) is 27.1. The molecule has 2 atom stereocenters. The van der Waals surface area contributed by atoms with E-state index in [1.165, 1.54) is 385 Å². The number of hydrogen-bond donors (Lipinski definition) is 3. The highest BCUT2D eigenvalue weighted by Crippen LogP contribution is 2.20. The van der Waals surface area contributed by atoms with Gasteiger partial charge in [-0.05, 0) is 32.1 Å². The number of allylic oxidation sites excluding steroid dienone is 1. The van der Waals surface area contributed by atoms with Crippen molar-refractivity contribution in [1.82, 2.24) is 5.32 Å². The number of aliphatic hydroxyl groups excluding tert-OH is 2. The van der Waals surface area contributed by atoms with Gasteiger partial charge in [0.05, 0.1) is 25.4 Å². The van der Waals surface area contributed by atoms with Crippen LogP contribution in [0.25, 0.3) is 0 Å². The van der Waals surface area contributed by atoms with E-state index >= 15 is 0 Å². The van der Waals surface area contributed by atoms with E-state index in [9.17, 15) is 19.8 Å². The first kappa shape index (κ1) is 82.6. The molecule has 0 aromatic rings. The van der Waals surface area contributed by atoms with Crippen molar-refractivity contribution >= 4 is 11.9 Å². The standard InChI is InChI=1S/C78H153NO5/c1-3-5-7-9-11-13-15-17-19-21-39-42-46-50-54-58-62-66-70-76(81)75(74-80)79-77(82)71-67-63-59-55-51-47-43-40-37-35-33-31-29-27-25-23-22-24-26-28-30-32-34-36-38-41-45-49-53-57-61-65-69-73-84-78(83)72-68-64-60-56-52-48-44-20-18-16-14-12-10-8-6-4-2/h66,70,75-76,80-81H,3-65,67-69,71-74H2,1-2H3,(H,79,82)/b70-66+. The van der Waals surface area contributed by atoms with Gasteiger partial charge < -0.3 is 20.3 Å². The molecule has 0 fully saturated rings. The number of rotatable bonds is 74. The molecule has 0 bridgehead atoms. The predicted molar refractivity (Wildman–Crippen MR) is 370 cm³/mol. The summed E-state index contributed by atoms with van der Waals surface area (Å²) in [4.78, 5) is 24.6. The topological polar surface area (TPSA) is 95.9 Å². The molecule has 1 amide bonds. The minimum atomic E-state index is -0.841. The fourth-order valence-corrected chi connectivity index (χ4v) is 12.6. The third-order valence-electron chi connectivity index (χ3n) is 18.6. The average molecular weight is 1190 g/mol. The summed E-state index contributed by atoms with van der Waals surface area (Å²) < 4.78 is 5.51. The Labute approximate surface area is 527 Å². The monoisotopic (exact) mass is 1180 g/mol. The van der Waals surface area contributed by atoms with Gasteiger partial charge in [-0.1, -0.05) is 418 Å². The molecule has 0 heterocycles. The van der Waals surface area contributed by atoms with Crippen LogP contribution in [0.2, 0.25) is 0 Å². The van der Waals surface area contributed by atoms with Gasteiger partial charge in [0.1, 0.15) is 0 Å². The SMILES string of the molecule is CCCCCCCCCCCCCCCCCC/C=C/C(O)C(CO)NC(=O)CCCCCCCCCCCCCCCCCCCCCCCCCCCCCCCCCCCOC(=O)CCCCCCCCCCCCCCCCCC. The Hall–Kier alpha value is -1.40. The van der Waals surface area contributed by atoms with E-state index in [-0.39, 0.29) is 18.5 Å². The maximum Gasteiger partial charge on any atom is 0.305 e. The largest absolute Gasteiger partial charge is 0.466 e. The van der Waals surface area contributed by atoms with Gasteiger partial charge in [-0.25, -0.2) is 0 Å². The molecule has 6 heteroatoms. The summed E-state index contributed by atoms with van der Waals surface area (Å²) in [7, 11) is 0. The lowest BCUT2D eigenvalue weighted by atomic mass is 10.0. The summed E-state index contributed by atoms with van der Waals surface area (Å²) in [5.41, 5.74) is 0. The van der Waals surface area contributed by atoms with Gasteiger partial charge in [-0.15, -0.1) is 0 Å². The number of hydrogen-bond acceptors (Lipinski definition) is 5. The molecular formula is C78H153NO5. The number of esters is 1. The summed E-state index contributed by atoms with van der Waals surface area (Å²) in [6, 6.07) is -0.624. The van der Waals surface area contributed by atoms with Crippen LogP contribution in [0.3, 0.4) is 0 Å². The molecule has 84 heavy (non-hydrogen) atoms. The molecule has 500 valence electrons. The molecule has 0 spiro atoms. The Kier molecular flexibility index (Phi) is 72.8. The van der Waals surface area contributed by atoms with Crippen LogP contribution in [0, 0.1) is 0 Å². The molecule has 0 saturated heterocycles. The van der Waals surface area contributed by atoms with E-state index in [4.69, 9.17) is 4.74 Å². The normalized spacial score (nSPS) is 12.5. The van der Waals surface area contributed by atoms with Crippen LogP contribution in [0.1, 0.15) is 450 Å². The Morgan fingerprint density at radius 3 is 0.810 bits per heavy atom. The van der Waals surface area contributed by atoms with Crippen molar-refractivity contribution in [2.45, 2.75) is 463 Å². The quantitative estimate of drug-likeness (QED) is 0.0320. The molecule has 0 aromatic carbocycles. The van der Waals surface area contributed by atoms with Gasteiger partial charge >= 0.3 is 5.97 Å². The van der Waals surface area contributed by atoms with E-state index in [0.717, 1.165) is 38.5 Å². The van der Waals surface area contributed by atoms with Crippen LogP contribution in [0.15, 0.2) is 12.2 Å². The van der Waals surface area contributed by atoms with Crippen molar-refractivity contribution in [3.8, 4) is 0 Å². The number of amides is 1. The summed E-state index contributed by atoms with van der Waals surface area (Å²) in [6.45, 7) is 4.96. The van der Waals surface area contributed by atoms with Gasteiger partial charge in [0.25, 0.3) is 0 Å². The maximum absolute atomic E-state index is 12.5. The van der Waals surface area contributed by atoms with Crippen LogP contribution < -0.4 is 5.32 Å². The van der Waals surface area contributed by atoms with Gasteiger partial charge in [0.15, 0.2) is 0 Å².